The number of carbonyl (C=O) groups excluding carboxylic acids is 1. The third-order valence-electron chi connectivity index (χ3n) is 3.43. The van der Waals surface area contributed by atoms with Gasteiger partial charge in [-0.15, -0.1) is 0 Å². The number of methoxy groups -OCH3 is 1. The molecule has 1 saturated heterocycles. The first-order chi connectivity index (χ1) is 9.08. The van der Waals surface area contributed by atoms with Gasteiger partial charge in [0.15, 0.2) is 0 Å². The summed E-state index contributed by atoms with van der Waals surface area (Å²) in [4.78, 5) is 17.5. The molecule has 104 valence electrons. The van der Waals surface area contributed by atoms with Crippen molar-refractivity contribution in [1.82, 2.24) is 5.06 Å². The van der Waals surface area contributed by atoms with Crippen molar-refractivity contribution in [2.75, 3.05) is 13.7 Å². The molecular formula is C14H19NO4. The maximum atomic E-state index is 11.8. The lowest BCUT2D eigenvalue weighted by atomic mass is 9.95. The molecule has 0 unspecified atom stereocenters. The highest BCUT2D eigenvalue weighted by molar-refractivity contribution is 5.80. The number of aliphatic hydroxyl groups is 1. The summed E-state index contributed by atoms with van der Waals surface area (Å²) in [6.45, 7) is 2.70. The summed E-state index contributed by atoms with van der Waals surface area (Å²) in [6, 6.07) is 9.83. The maximum absolute atomic E-state index is 11.8. The van der Waals surface area contributed by atoms with E-state index in [4.69, 9.17) is 9.57 Å². The van der Waals surface area contributed by atoms with Gasteiger partial charge < -0.3 is 9.84 Å². The van der Waals surface area contributed by atoms with Gasteiger partial charge in [-0.2, -0.15) is 5.06 Å². The Morgan fingerprint density at radius 3 is 2.79 bits per heavy atom. The summed E-state index contributed by atoms with van der Waals surface area (Å²) in [7, 11) is 1.30. The molecule has 0 aliphatic carbocycles. The fourth-order valence-corrected chi connectivity index (χ4v) is 2.28. The molecule has 1 aliphatic rings. The van der Waals surface area contributed by atoms with E-state index in [9.17, 15) is 9.90 Å². The number of nitrogens with zero attached hydrogens (tertiary/aromatic N) is 1. The number of hydrogen-bond acceptors (Lipinski definition) is 5. The zero-order valence-electron chi connectivity index (χ0n) is 11.2. The van der Waals surface area contributed by atoms with Crippen molar-refractivity contribution in [3.05, 3.63) is 35.9 Å². The molecule has 1 N–H and O–H groups in total. The number of esters is 1. The van der Waals surface area contributed by atoms with Crippen molar-refractivity contribution in [2.24, 2.45) is 0 Å². The molecule has 5 nitrogen and oxygen atoms in total. The van der Waals surface area contributed by atoms with Crippen LogP contribution in [0.5, 0.6) is 0 Å². The molecule has 2 rings (SSSR count). The van der Waals surface area contributed by atoms with Gasteiger partial charge in [0.2, 0.25) is 5.60 Å². The Kier molecular flexibility index (Phi) is 4.19. The average Bonchev–Trinajstić information content (AvgIpc) is 2.84. The largest absolute Gasteiger partial charge is 0.467 e. The molecule has 1 aromatic rings. The van der Waals surface area contributed by atoms with Crippen molar-refractivity contribution in [2.45, 2.75) is 31.6 Å². The van der Waals surface area contributed by atoms with Crippen molar-refractivity contribution in [1.29, 1.82) is 0 Å². The lowest BCUT2D eigenvalue weighted by Gasteiger charge is -2.28. The molecule has 1 fully saturated rings. The second kappa shape index (κ2) is 5.69. The monoisotopic (exact) mass is 265 g/mol. The fourth-order valence-electron chi connectivity index (χ4n) is 2.28. The third kappa shape index (κ3) is 2.78. The van der Waals surface area contributed by atoms with Crippen LogP contribution in [-0.4, -0.2) is 41.5 Å². The Morgan fingerprint density at radius 1 is 1.53 bits per heavy atom. The quantitative estimate of drug-likeness (QED) is 0.827. The van der Waals surface area contributed by atoms with Crippen LogP contribution in [0.25, 0.3) is 0 Å². The highest BCUT2D eigenvalue weighted by Gasteiger charge is 2.51. The molecule has 0 bridgehead atoms. The minimum Gasteiger partial charge on any atom is -0.467 e. The summed E-state index contributed by atoms with van der Waals surface area (Å²) in [5.41, 5.74) is -0.183. The van der Waals surface area contributed by atoms with Gasteiger partial charge in [-0.3, -0.25) is 4.84 Å². The standard InChI is InChI=1S/C14H19NO4/c1-11(16)14(13(17)18-2)8-9-15(19-14)10-12-6-4-3-5-7-12/h3-7,11,16H,8-10H2,1-2H3/t11-,14+/m1/s1. The summed E-state index contributed by atoms with van der Waals surface area (Å²) in [5, 5.41) is 11.5. The molecule has 2 atom stereocenters. The number of benzene rings is 1. The second-order valence-electron chi connectivity index (χ2n) is 4.75. The van der Waals surface area contributed by atoms with Crippen LogP contribution in [0.3, 0.4) is 0 Å². The first-order valence-electron chi connectivity index (χ1n) is 6.33. The Morgan fingerprint density at radius 2 is 2.21 bits per heavy atom. The predicted octanol–water partition coefficient (Wildman–Crippen LogP) is 1.12. The SMILES string of the molecule is COC(=O)[C@@]1([C@@H](C)O)CCN(Cc2ccccc2)O1. The molecule has 0 spiro atoms. The Balaban J connectivity index is 2.07. The summed E-state index contributed by atoms with van der Waals surface area (Å²) >= 11 is 0. The lowest BCUT2D eigenvalue weighted by molar-refractivity contribution is -0.236. The molecule has 0 saturated carbocycles. The van der Waals surface area contributed by atoms with Crippen LogP contribution in [0.4, 0.5) is 0 Å². The molecule has 0 aromatic heterocycles. The normalized spacial score (nSPS) is 25.2. The van der Waals surface area contributed by atoms with Crippen LogP contribution < -0.4 is 0 Å². The van der Waals surface area contributed by atoms with E-state index in [1.807, 2.05) is 30.3 Å². The van der Waals surface area contributed by atoms with Crippen LogP contribution in [-0.2, 0) is 20.9 Å². The average molecular weight is 265 g/mol. The van der Waals surface area contributed by atoms with Crippen LogP contribution in [0.1, 0.15) is 18.9 Å². The highest BCUT2D eigenvalue weighted by Crippen LogP contribution is 2.31. The van der Waals surface area contributed by atoms with Gasteiger partial charge in [0.1, 0.15) is 0 Å². The van der Waals surface area contributed by atoms with Gasteiger partial charge in [0.05, 0.1) is 13.2 Å². The van der Waals surface area contributed by atoms with Gasteiger partial charge in [-0.1, -0.05) is 30.3 Å². The van der Waals surface area contributed by atoms with E-state index in [-0.39, 0.29) is 0 Å². The highest BCUT2D eigenvalue weighted by atomic mass is 16.7. The van der Waals surface area contributed by atoms with E-state index < -0.39 is 17.7 Å². The molecule has 1 aliphatic heterocycles. The lowest BCUT2D eigenvalue weighted by Crippen LogP contribution is -2.49. The summed E-state index contributed by atoms with van der Waals surface area (Å²) < 4.78 is 4.75. The minimum absolute atomic E-state index is 0.421. The Labute approximate surface area is 112 Å². The Hall–Kier alpha value is -1.43. The summed E-state index contributed by atoms with van der Waals surface area (Å²) in [5.74, 6) is -0.530. The number of rotatable bonds is 4. The second-order valence-corrected chi connectivity index (χ2v) is 4.75. The van der Waals surface area contributed by atoms with Crippen LogP contribution in [0, 0.1) is 0 Å². The Bertz CT molecular complexity index is 434. The first kappa shape index (κ1) is 14.0. The van der Waals surface area contributed by atoms with Gasteiger partial charge in [-0.05, 0) is 12.5 Å². The van der Waals surface area contributed by atoms with E-state index in [0.717, 1.165) is 5.56 Å². The van der Waals surface area contributed by atoms with Crippen molar-refractivity contribution >= 4 is 5.97 Å². The van der Waals surface area contributed by atoms with Crippen LogP contribution in [0.15, 0.2) is 30.3 Å². The van der Waals surface area contributed by atoms with Crippen molar-refractivity contribution < 1.29 is 19.5 Å². The van der Waals surface area contributed by atoms with E-state index in [1.165, 1.54) is 7.11 Å². The maximum Gasteiger partial charge on any atom is 0.343 e. The number of hydroxylamine groups is 2. The van der Waals surface area contributed by atoms with E-state index >= 15 is 0 Å². The topological polar surface area (TPSA) is 59.0 Å². The molecule has 5 heteroatoms. The van der Waals surface area contributed by atoms with E-state index in [0.29, 0.717) is 19.5 Å². The number of hydrogen-bond donors (Lipinski definition) is 1. The van der Waals surface area contributed by atoms with Gasteiger partial charge >= 0.3 is 5.97 Å². The molecule has 0 radical (unpaired) electrons. The fraction of sp³-hybridized carbons (Fsp3) is 0.500. The molecule has 19 heavy (non-hydrogen) atoms. The number of ether oxygens (including phenoxy) is 1. The van der Waals surface area contributed by atoms with E-state index in [2.05, 4.69) is 0 Å². The van der Waals surface area contributed by atoms with Gasteiger partial charge in [0.25, 0.3) is 0 Å². The molecule has 1 heterocycles. The number of aliphatic hydroxyl groups excluding tert-OH is 1. The first-order valence-corrected chi connectivity index (χ1v) is 6.33. The zero-order chi connectivity index (χ0) is 13.9. The van der Waals surface area contributed by atoms with Gasteiger partial charge in [0, 0.05) is 19.5 Å². The van der Waals surface area contributed by atoms with Crippen LogP contribution in [0.2, 0.25) is 0 Å². The van der Waals surface area contributed by atoms with Gasteiger partial charge in [-0.25, -0.2) is 4.79 Å². The molecule has 0 amide bonds. The van der Waals surface area contributed by atoms with Crippen molar-refractivity contribution in [3.8, 4) is 0 Å². The number of carbonyl (C=O) groups is 1. The predicted molar refractivity (Wildman–Crippen MR) is 69.0 cm³/mol. The minimum atomic E-state index is -1.27. The van der Waals surface area contributed by atoms with E-state index in [1.54, 1.807) is 12.0 Å². The zero-order valence-corrected chi connectivity index (χ0v) is 11.2. The van der Waals surface area contributed by atoms with Crippen molar-refractivity contribution in [3.63, 3.8) is 0 Å². The smallest absolute Gasteiger partial charge is 0.343 e. The molecule has 1 aromatic carbocycles. The summed E-state index contributed by atoms with van der Waals surface area (Å²) in [6.07, 6.45) is -0.495. The van der Waals surface area contributed by atoms with Crippen LogP contribution >= 0.6 is 0 Å². The molecular weight excluding hydrogens is 246 g/mol. The third-order valence-corrected chi connectivity index (χ3v) is 3.43.